The second-order valence-corrected chi connectivity index (χ2v) is 6.60. The highest BCUT2D eigenvalue weighted by atomic mass is 16.5. The van der Waals surface area contributed by atoms with Crippen molar-refractivity contribution in [1.82, 2.24) is 9.55 Å². The summed E-state index contributed by atoms with van der Waals surface area (Å²) in [4.78, 5) is 4.28. The number of nitrogens with zero attached hydrogens (tertiary/aromatic N) is 2. The molecule has 1 aliphatic heterocycles. The standard InChI is InChI=1S/C14H25N3O/c1-13(2,15)8-12-9-16-11-17(12)10-14(3)4-6-18-7-5-14/h9,11H,4-8,10,15H2,1-3H3. The molecule has 0 spiro atoms. The van der Waals surface area contributed by atoms with Crippen LogP contribution in [0.4, 0.5) is 0 Å². The highest BCUT2D eigenvalue weighted by Gasteiger charge is 2.28. The fourth-order valence-electron chi connectivity index (χ4n) is 2.54. The van der Waals surface area contributed by atoms with Crippen LogP contribution in [0.2, 0.25) is 0 Å². The number of hydrogen-bond acceptors (Lipinski definition) is 3. The van der Waals surface area contributed by atoms with Crippen LogP contribution in [-0.4, -0.2) is 28.3 Å². The number of nitrogens with two attached hydrogens (primary N) is 1. The molecule has 4 heteroatoms. The van der Waals surface area contributed by atoms with Crippen LogP contribution < -0.4 is 5.73 Å². The van der Waals surface area contributed by atoms with Gasteiger partial charge in [0.05, 0.1) is 6.33 Å². The molecule has 18 heavy (non-hydrogen) atoms. The first-order chi connectivity index (χ1) is 8.38. The van der Waals surface area contributed by atoms with Gasteiger partial charge in [0, 0.05) is 43.6 Å². The zero-order valence-corrected chi connectivity index (χ0v) is 11.8. The molecule has 102 valence electrons. The molecule has 1 aliphatic rings. The van der Waals surface area contributed by atoms with E-state index in [0.717, 1.165) is 39.0 Å². The van der Waals surface area contributed by atoms with Crippen LogP contribution in [-0.2, 0) is 17.7 Å². The summed E-state index contributed by atoms with van der Waals surface area (Å²) >= 11 is 0. The normalized spacial score (nSPS) is 20.0. The second-order valence-electron chi connectivity index (χ2n) is 6.60. The molecular weight excluding hydrogens is 226 g/mol. The summed E-state index contributed by atoms with van der Waals surface area (Å²) in [5.74, 6) is 0. The van der Waals surface area contributed by atoms with Gasteiger partial charge < -0.3 is 15.0 Å². The molecule has 0 aromatic carbocycles. The van der Waals surface area contributed by atoms with Crippen molar-refractivity contribution in [3.8, 4) is 0 Å². The van der Waals surface area contributed by atoms with Crippen molar-refractivity contribution in [2.24, 2.45) is 11.1 Å². The Morgan fingerprint density at radius 1 is 1.44 bits per heavy atom. The molecule has 0 aliphatic carbocycles. The third kappa shape index (κ3) is 3.56. The first-order valence-electron chi connectivity index (χ1n) is 6.74. The highest BCUT2D eigenvalue weighted by molar-refractivity contribution is 5.04. The average Bonchev–Trinajstić information content (AvgIpc) is 2.63. The van der Waals surface area contributed by atoms with E-state index in [1.165, 1.54) is 5.69 Å². The zero-order valence-electron chi connectivity index (χ0n) is 11.8. The molecule has 1 saturated heterocycles. The number of aromatic nitrogens is 2. The number of hydrogen-bond donors (Lipinski definition) is 1. The Kier molecular flexibility index (Phi) is 3.78. The van der Waals surface area contributed by atoms with Gasteiger partial charge >= 0.3 is 0 Å². The second kappa shape index (κ2) is 5.02. The first-order valence-corrected chi connectivity index (χ1v) is 6.74. The lowest BCUT2D eigenvalue weighted by Crippen LogP contribution is -2.36. The monoisotopic (exact) mass is 251 g/mol. The van der Waals surface area contributed by atoms with Crippen molar-refractivity contribution >= 4 is 0 Å². The maximum Gasteiger partial charge on any atom is 0.0948 e. The number of imidazole rings is 1. The van der Waals surface area contributed by atoms with Gasteiger partial charge in [0.15, 0.2) is 0 Å². The van der Waals surface area contributed by atoms with Crippen molar-refractivity contribution < 1.29 is 4.74 Å². The summed E-state index contributed by atoms with van der Waals surface area (Å²) in [6.07, 6.45) is 6.98. The Labute approximate surface area is 110 Å². The van der Waals surface area contributed by atoms with Gasteiger partial charge in [-0.3, -0.25) is 0 Å². The quantitative estimate of drug-likeness (QED) is 0.890. The van der Waals surface area contributed by atoms with E-state index in [2.05, 4.69) is 30.3 Å². The molecule has 2 N–H and O–H groups in total. The van der Waals surface area contributed by atoms with Gasteiger partial charge in [-0.05, 0) is 32.1 Å². The summed E-state index contributed by atoms with van der Waals surface area (Å²) in [6, 6.07) is 0. The van der Waals surface area contributed by atoms with Crippen molar-refractivity contribution in [2.45, 2.75) is 52.1 Å². The molecule has 0 bridgehead atoms. The van der Waals surface area contributed by atoms with Crippen molar-refractivity contribution in [3.63, 3.8) is 0 Å². The summed E-state index contributed by atoms with van der Waals surface area (Å²) in [7, 11) is 0. The SMILES string of the molecule is CC(C)(N)Cc1cncn1CC1(C)CCOCC1. The van der Waals surface area contributed by atoms with Gasteiger partial charge in [0.25, 0.3) is 0 Å². The minimum absolute atomic E-state index is 0.186. The first kappa shape index (κ1) is 13.6. The van der Waals surface area contributed by atoms with Crippen molar-refractivity contribution in [2.75, 3.05) is 13.2 Å². The Hall–Kier alpha value is -0.870. The zero-order chi connectivity index (χ0) is 13.2. The van der Waals surface area contributed by atoms with Crippen LogP contribution in [0.25, 0.3) is 0 Å². The maximum atomic E-state index is 6.10. The molecule has 0 atom stereocenters. The Morgan fingerprint density at radius 3 is 2.72 bits per heavy atom. The van der Waals surface area contributed by atoms with Gasteiger partial charge in [0.1, 0.15) is 0 Å². The lowest BCUT2D eigenvalue weighted by atomic mass is 9.82. The van der Waals surface area contributed by atoms with Crippen LogP contribution >= 0.6 is 0 Å². The van der Waals surface area contributed by atoms with E-state index in [-0.39, 0.29) is 5.54 Å². The van der Waals surface area contributed by atoms with Crippen LogP contribution in [0.3, 0.4) is 0 Å². The van der Waals surface area contributed by atoms with Gasteiger partial charge in [-0.25, -0.2) is 4.98 Å². The smallest absolute Gasteiger partial charge is 0.0948 e. The van der Waals surface area contributed by atoms with Crippen LogP contribution in [0.15, 0.2) is 12.5 Å². The van der Waals surface area contributed by atoms with E-state index in [9.17, 15) is 0 Å². The average molecular weight is 251 g/mol. The number of rotatable bonds is 4. The Morgan fingerprint density at radius 2 is 2.11 bits per heavy atom. The molecule has 2 heterocycles. The highest BCUT2D eigenvalue weighted by Crippen LogP contribution is 2.32. The maximum absolute atomic E-state index is 6.10. The van der Waals surface area contributed by atoms with E-state index in [4.69, 9.17) is 10.5 Å². The van der Waals surface area contributed by atoms with Crippen LogP contribution in [0.1, 0.15) is 39.3 Å². The molecule has 1 aromatic rings. The van der Waals surface area contributed by atoms with E-state index >= 15 is 0 Å². The van der Waals surface area contributed by atoms with E-state index < -0.39 is 0 Å². The predicted octanol–water partition coefficient (Wildman–Crippen LogP) is 1.98. The van der Waals surface area contributed by atoms with Gasteiger partial charge in [-0.15, -0.1) is 0 Å². The Bertz CT molecular complexity index is 386. The van der Waals surface area contributed by atoms with E-state index in [1.54, 1.807) is 0 Å². The number of ether oxygens (including phenoxy) is 1. The molecule has 0 radical (unpaired) electrons. The molecule has 1 fully saturated rings. The fourth-order valence-corrected chi connectivity index (χ4v) is 2.54. The molecule has 0 amide bonds. The van der Waals surface area contributed by atoms with Crippen LogP contribution in [0.5, 0.6) is 0 Å². The summed E-state index contributed by atoms with van der Waals surface area (Å²) in [5.41, 5.74) is 7.47. The summed E-state index contributed by atoms with van der Waals surface area (Å²) < 4.78 is 7.71. The molecule has 0 saturated carbocycles. The molecule has 2 rings (SSSR count). The van der Waals surface area contributed by atoms with Gasteiger partial charge in [0.2, 0.25) is 0 Å². The predicted molar refractivity (Wildman–Crippen MR) is 72.4 cm³/mol. The lowest BCUT2D eigenvalue weighted by Gasteiger charge is -2.34. The molecular formula is C14H25N3O. The van der Waals surface area contributed by atoms with Gasteiger partial charge in [-0.1, -0.05) is 6.92 Å². The third-order valence-corrected chi connectivity index (χ3v) is 3.69. The van der Waals surface area contributed by atoms with Gasteiger partial charge in [-0.2, -0.15) is 0 Å². The van der Waals surface area contributed by atoms with E-state index in [0.29, 0.717) is 5.41 Å². The van der Waals surface area contributed by atoms with Crippen molar-refractivity contribution in [3.05, 3.63) is 18.2 Å². The largest absolute Gasteiger partial charge is 0.381 e. The lowest BCUT2D eigenvalue weighted by molar-refractivity contribution is 0.0151. The molecule has 1 aromatic heterocycles. The fraction of sp³-hybridized carbons (Fsp3) is 0.786. The minimum atomic E-state index is -0.186. The minimum Gasteiger partial charge on any atom is -0.381 e. The van der Waals surface area contributed by atoms with E-state index in [1.807, 2.05) is 12.5 Å². The molecule has 0 unspecified atom stereocenters. The topological polar surface area (TPSA) is 53.1 Å². The van der Waals surface area contributed by atoms with Crippen LogP contribution in [0, 0.1) is 5.41 Å². The molecule has 4 nitrogen and oxygen atoms in total. The summed E-state index contributed by atoms with van der Waals surface area (Å²) in [6.45, 7) is 9.22. The Balaban J connectivity index is 2.07. The third-order valence-electron chi connectivity index (χ3n) is 3.69. The van der Waals surface area contributed by atoms with Crippen molar-refractivity contribution in [1.29, 1.82) is 0 Å². The summed E-state index contributed by atoms with van der Waals surface area (Å²) in [5, 5.41) is 0.